The highest BCUT2D eigenvalue weighted by Crippen LogP contribution is 2.28. The van der Waals surface area contributed by atoms with Crippen LogP contribution in [-0.2, 0) is 6.42 Å². The van der Waals surface area contributed by atoms with E-state index < -0.39 is 0 Å². The van der Waals surface area contributed by atoms with E-state index in [1.54, 1.807) is 0 Å². The van der Waals surface area contributed by atoms with E-state index in [2.05, 4.69) is 64.2 Å². The van der Waals surface area contributed by atoms with Gasteiger partial charge in [0.1, 0.15) is 0 Å². The molecule has 1 aromatic rings. The summed E-state index contributed by atoms with van der Waals surface area (Å²) in [5, 5.41) is 3.65. The third-order valence-corrected chi connectivity index (χ3v) is 3.85. The highest BCUT2D eigenvalue weighted by Gasteiger charge is 2.21. The molecule has 0 aromatic heterocycles. The second-order valence-electron chi connectivity index (χ2n) is 5.63. The van der Waals surface area contributed by atoms with Crippen molar-refractivity contribution >= 4 is 0 Å². The first-order valence-corrected chi connectivity index (χ1v) is 7.42. The molecule has 2 unspecified atom stereocenters. The van der Waals surface area contributed by atoms with Gasteiger partial charge < -0.3 is 5.32 Å². The van der Waals surface area contributed by atoms with E-state index in [0.717, 1.165) is 6.54 Å². The van der Waals surface area contributed by atoms with Gasteiger partial charge in [0.05, 0.1) is 0 Å². The van der Waals surface area contributed by atoms with Crippen LogP contribution in [0.2, 0.25) is 0 Å². The lowest BCUT2D eigenvalue weighted by Crippen LogP contribution is -2.29. The number of hydrogen-bond acceptors (Lipinski definition) is 1. The van der Waals surface area contributed by atoms with E-state index in [0.29, 0.717) is 17.9 Å². The van der Waals surface area contributed by atoms with Gasteiger partial charge in [-0.15, -0.1) is 0 Å². The molecule has 2 atom stereocenters. The summed E-state index contributed by atoms with van der Waals surface area (Å²) >= 11 is 0. The zero-order valence-corrected chi connectivity index (χ0v) is 12.7. The molecule has 0 amide bonds. The number of hydrogen-bond donors (Lipinski definition) is 1. The lowest BCUT2D eigenvalue weighted by Gasteiger charge is -2.28. The Hall–Kier alpha value is -0.820. The zero-order chi connectivity index (χ0) is 13.5. The number of benzene rings is 1. The van der Waals surface area contributed by atoms with Crippen molar-refractivity contribution in [3.63, 3.8) is 0 Å². The molecule has 1 nitrogen and oxygen atoms in total. The standard InChI is InChI=1S/C17H29N/c1-6-9-15-10-8-11-16(12-15)17(18-7-2)14(5)13(3)4/h8,10-14,17-18H,6-7,9H2,1-5H3. The van der Waals surface area contributed by atoms with Gasteiger partial charge in [-0.3, -0.25) is 0 Å². The maximum Gasteiger partial charge on any atom is 0.0348 e. The fraction of sp³-hybridized carbons (Fsp3) is 0.647. The van der Waals surface area contributed by atoms with E-state index in [9.17, 15) is 0 Å². The topological polar surface area (TPSA) is 12.0 Å². The Morgan fingerprint density at radius 3 is 2.39 bits per heavy atom. The summed E-state index contributed by atoms with van der Waals surface area (Å²) in [7, 11) is 0. The smallest absolute Gasteiger partial charge is 0.0348 e. The summed E-state index contributed by atoms with van der Waals surface area (Å²) in [4.78, 5) is 0. The van der Waals surface area contributed by atoms with Gasteiger partial charge in [0.2, 0.25) is 0 Å². The van der Waals surface area contributed by atoms with Gasteiger partial charge in [-0.1, -0.05) is 65.3 Å². The first-order valence-electron chi connectivity index (χ1n) is 7.42. The molecule has 0 bridgehead atoms. The number of nitrogens with one attached hydrogen (secondary N) is 1. The molecule has 0 saturated carbocycles. The fourth-order valence-electron chi connectivity index (χ4n) is 2.44. The van der Waals surface area contributed by atoms with Crippen molar-refractivity contribution in [3.05, 3.63) is 35.4 Å². The monoisotopic (exact) mass is 247 g/mol. The molecule has 0 radical (unpaired) electrons. The summed E-state index contributed by atoms with van der Waals surface area (Å²) < 4.78 is 0. The van der Waals surface area contributed by atoms with Crippen molar-refractivity contribution in [2.24, 2.45) is 11.8 Å². The van der Waals surface area contributed by atoms with Crippen molar-refractivity contribution in [1.82, 2.24) is 5.32 Å². The molecular formula is C17H29N. The molecule has 1 N–H and O–H groups in total. The van der Waals surface area contributed by atoms with Gasteiger partial charge >= 0.3 is 0 Å². The molecule has 0 saturated heterocycles. The molecule has 0 heterocycles. The minimum absolute atomic E-state index is 0.479. The van der Waals surface area contributed by atoms with Crippen LogP contribution in [0, 0.1) is 11.8 Å². The van der Waals surface area contributed by atoms with Gasteiger partial charge in [-0.25, -0.2) is 0 Å². The molecule has 102 valence electrons. The van der Waals surface area contributed by atoms with Crippen LogP contribution in [0.1, 0.15) is 58.2 Å². The molecule has 0 fully saturated rings. The maximum absolute atomic E-state index is 3.65. The van der Waals surface area contributed by atoms with Crippen molar-refractivity contribution in [1.29, 1.82) is 0 Å². The molecule has 0 spiro atoms. The molecule has 1 aromatic carbocycles. The first-order chi connectivity index (χ1) is 8.60. The first kappa shape index (κ1) is 15.2. The van der Waals surface area contributed by atoms with Crippen LogP contribution in [0.25, 0.3) is 0 Å². The van der Waals surface area contributed by atoms with E-state index in [-0.39, 0.29) is 0 Å². The van der Waals surface area contributed by atoms with Gasteiger partial charge in [-0.05, 0) is 35.9 Å². The van der Waals surface area contributed by atoms with Crippen LogP contribution in [-0.4, -0.2) is 6.54 Å². The van der Waals surface area contributed by atoms with Crippen LogP contribution >= 0.6 is 0 Å². The van der Waals surface area contributed by atoms with Crippen LogP contribution in [0.3, 0.4) is 0 Å². The Bertz CT molecular complexity index is 343. The van der Waals surface area contributed by atoms with Crippen LogP contribution in [0.15, 0.2) is 24.3 Å². The molecular weight excluding hydrogens is 218 g/mol. The summed E-state index contributed by atoms with van der Waals surface area (Å²) in [6.07, 6.45) is 2.40. The highest BCUT2D eigenvalue weighted by molar-refractivity contribution is 5.26. The minimum Gasteiger partial charge on any atom is -0.310 e. The fourth-order valence-corrected chi connectivity index (χ4v) is 2.44. The van der Waals surface area contributed by atoms with E-state index in [1.807, 2.05) is 0 Å². The molecule has 18 heavy (non-hydrogen) atoms. The molecule has 0 aliphatic carbocycles. The molecule has 1 heteroatoms. The summed E-state index contributed by atoms with van der Waals surface area (Å²) in [5.74, 6) is 1.35. The van der Waals surface area contributed by atoms with Crippen molar-refractivity contribution in [2.75, 3.05) is 6.54 Å². The van der Waals surface area contributed by atoms with Gasteiger partial charge in [0.25, 0.3) is 0 Å². The van der Waals surface area contributed by atoms with Crippen molar-refractivity contribution in [2.45, 2.75) is 53.5 Å². The lowest BCUT2D eigenvalue weighted by molar-refractivity contribution is 0.307. The zero-order valence-electron chi connectivity index (χ0n) is 12.7. The largest absolute Gasteiger partial charge is 0.310 e. The van der Waals surface area contributed by atoms with E-state index in [1.165, 1.54) is 24.0 Å². The highest BCUT2D eigenvalue weighted by atomic mass is 14.9. The Morgan fingerprint density at radius 2 is 1.83 bits per heavy atom. The predicted octanol–water partition coefficient (Wildman–Crippen LogP) is 4.58. The van der Waals surface area contributed by atoms with Crippen LogP contribution in [0.4, 0.5) is 0 Å². The van der Waals surface area contributed by atoms with Crippen LogP contribution < -0.4 is 5.32 Å². The SMILES string of the molecule is CCCc1cccc(C(NCC)C(C)C(C)C)c1. The van der Waals surface area contributed by atoms with Crippen molar-refractivity contribution < 1.29 is 0 Å². The summed E-state index contributed by atoms with van der Waals surface area (Å²) in [5.41, 5.74) is 2.91. The average Bonchev–Trinajstić information content (AvgIpc) is 2.36. The van der Waals surface area contributed by atoms with Crippen molar-refractivity contribution in [3.8, 4) is 0 Å². The molecule has 0 aliphatic heterocycles. The second kappa shape index (κ2) is 7.58. The van der Waals surface area contributed by atoms with E-state index >= 15 is 0 Å². The number of rotatable bonds is 7. The number of aryl methyl sites for hydroxylation is 1. The summed E-state index contributed by atoms with van der Waals surface area (Å²) in [6, 6.07) is 9.58. The van der Waals surface area contributed by atoms with Gasteiger partial charge in [0, 0.05) is 6.04 Å². The quantitative estimate of drug-likeness (QED) is 0.743. The Kier molecular flexibility index (Phi) is 6.42. The normalized spacial score (nSPS) is 14.8. The predicted molar refractivity (Wildman–Crippen MR) is 80.9 cm³/mol. The average molecular weight is 247 g/mol. The maximum atomic E-state index is 3.65. The minimum atomic E-state index is 0.479. The lowest BCUT2D eigenvalue weighted by atomic mass is 9.85. The Morgan fingerprint density at radius 1 is 1.11 bits per heavy atom. The molecule has 0 aliphatic rings. The third kappa shape index (κ3) is 4.13. The Labute approximate surface area is 113 Å². The van der Waals surface area contributed by atoms with E-state index in [4.69, 9.17) is 0 Å². The van der Waals surface area contributed by atoms with Gasteiger partial charge in [0.15, 0.2) is 0 Å². The Balaban J connectivity index is 2.93. The van der Waals surface area contributed by atoms with Gasteiger partial charge in [-0.2, -0.15) is 0 Å². The third-order valence-electron chi connectivity index (χ3n) is 3.85. The van der Waals surface area contributed by atoms with Crippen LogP contribution in [0.5, 0.6) is 0 Å². The second-order valence-corrected chi connectivity index (χ2v) is 5.63. The summed E-state index contributed by atoms with van der Waals surface area (Å²) in [6.45, 7) is 12.4. The molecule has 1 rings (SSSR count).